The average Bonchev–Trinajstić information content (AvgIpc) is 2.44. The molecule has 2 N–H and O–H groups in total. The Bertz CT molecular complexity index is 539. The maximum atomic E-state index is 6.28. The van der Waals surface area contributed by atoms with Crippen LogP contribution in [0.1, 0.15) is 35.5 Å². The van der Waals surface area contributed by atoms with E-state index in [9.17, 15) is 0 Å². The van der Waals surface area contributed by atoms with Crippen LogP contribution in [0.3, 0.4) is 0 Å². The Kier molecular flexibility index (Phi) is 5.09. The monoisotopic (exact) mass is 288 g/mol. The van der Waals surface area contributed by atoms with Crippen molar-refractivity contribution in [1.82, 2.24) is 15.0 Å². The normalized spacial score (nSPS) is 14.0. The highest BCUT2D eigenvalue weighted by Crippen LogP contribution is 2.36. The van der Waals surface area contributed by atoms with Gasteiger partial charge in [-0.15, -0.1) is 0 Å². The van der Waals surface area contributed by atoms with E-state index in [4.69, 9.17) is 5.73 Å². The van der Waals surface area contributed by atoms with Gasteiger partial charge >= 0.3 is 0 Å². The summed E-state index contributed by atoms with van der Waals surface area (Å²) in [5.74, 6) is 0. The SMILES string of the molecule is CCC(N)C(Sc1nc(C)cc(C)n1)c1ccncc1. The summed E-state index contributed by atoms with van der Waals surface area (Å²) in [5, 5.41) is 0.928. The zero-order chi connectivity index (χ0) is 14.5. The van der Waals surface area contributed by atoms with Crippen molar-refractivity contribution in [3.8, 4) is 0 Å². The van der Waals surface area contributed by atoms with Crippen LogP contribution in [0.2, 0.25) is 0 Å². The number of rotatable bonds is 5. The molecular weight excluding hydrogens is 268 g/mol. The molecule has 0 radical (unpaired) electrons. The van der Waals surface area contributed by atoms with Gasteiger partial charge in [0.15, 0.2) is 5.16 Å². The van der Waals surface area contributed by atoms with Gasteiger partial charge in [0, 0.05) is 29.8 Å². The molecule has 0 amide bonds. The topological polar surface area (TPSA) is 64.7 Å². The number of aromatic nitrogens is 3. The molecule has 0 aromatic carbocycles. The lowest BCUT2D eigenvalue weighted by Crippen LogP contribution is -2.25. The first kappa shape index (κ1) is 14.9. The van der Waals surface area contributed by atoms with Crippen molar-refractivity contribution in [3.05, 3.63) is 47.5 Å². The van der Waals surface area contributed by atoms with E-state index in [1.54, 1.807) is 24.2 Å². The van der Waals surface area contributed by atoms with Crippen molar-refractivity contribution in [2.24, 2.45) is 5.73 Å². The Balaban J connectivity index is 2.28. The van der Waals surface area contributed by atoms with Gasteiger partial charge in [-0.05, 0) is 44.0 Å². The summed E-state index contributed by atoms with van der Waals surface area (Å²) in [6.07, 6.45) is 4.51. The first-order valence-electron chi connectivity index (χ1n) is 6.74. The zero-order valence-corrected chi connectivity index (χ0v) is 12.9. The largest absolute Gasteiger partial charge is 0.326 e. The summed E-state index contributed by atoms with van der Waals surface area (Å²) in [4.78, 5) is 13.1. The fourth-order valence-electron chi connectivity index (χ4n) is 2.03. The number of hydrogen-bond acceptors (Lipinski definition) is 5. The van der Waals surface area contributed by atoms with Gasteiger partial charge in [-0.25, -0.2) is 9.97 Å². The standard InChI is InChI=1S/C15H20N4S/c1-4-13(16)14(12-5-7-17-8-6-12)20-15-18-10(2)9-11(3)19-15/h5-9,13-14H,4,16H2,1-3H3. The van der Waals surface area contributed by atoms with Crippen LogP contribution in [0, 0.1) is 13.8 Å². The minimum absolute atomic E-state index is 0.0619. The Hall–Kier alpha value is -1.46. The summed E-state index contributed by atoms with van der Waals surface area (Å²) >= 11 is 1.63. The number of nitrogens with zero attached hydrogens (tertiary/aromatic N) is 3. The van der Waals surface area contributed by atoms with Gasteiger partial charge in [-0.1, -0.05) is 18.7 Å². The molecule has 0 aliphatic rings. The summed E-state index contributed by atoms with van der Waals surface area (Å²) in [5.41, 5.74) is 9.41. The van der Waals surface area contributed by atoms with E-state index < -0.39 is 0 Å². The van der Waals surface area contributed by atoms with Gasteiger partial charge in [0.2, 0.25) is 0 Å². The minimum atomic E-state index is 0.0619. The Labute approximate surface area is 124 Å². The average molecular weight is 288 g/mol. The van der Waals surface area contributed by atoms with Crippen LogP contribution in [-0.2, 0) is 0 Å². The van der Waals surface area contributed by atoms with Gasteiger partial charge in [-0.2, -0.15) is 0 Å². The van der Waals surface area contributed by atoms with Crippen molar-refractivity contribution in [3.63, 3.8) is 0 Å². The third-order valence-electron chi connectivity index (χ3n) is 3.09. The highest BCUT2D eigenvalue weighted by atomic mass is 32.2. The molecule has 0 bridgehead atoms. The van der Waals surface area contributed by atoms with Crippen molar-refractivity contribution in [2.45, 2.75) is 43.6 Å². The molecule has 0 saturated heterocycles. The molecule has 0 fully saturated rings. The van der Waals surface area contributed by atoms with Gasteiger partial charge in [0.1, 0.15) is 0 Å². The van der Waals surface area contributed by atoms with Crippen LogP contribution in [0.15, 0.2) is 35.7 Å². The third kappa shape index (κ3) is 3.77. The molecule has 0 aliphatic heterocycles. The molecule has 0 aliphatic carbocycles. The lowest BCUT2D eigenvalue weighted by atomic mass is 10.1. The first-order valence-corrected chi connectivity index (χ1v) is 7.62. The lowest BCUT2D eigenvalue weighted by molar-refractivity contribution is 0.631. The summed E-state index contributed by atoms with van der Waals surface area (Å²) in [7, 11) is 0. The van der Waals surface area contributed by atoms with E-state index in [2.05, 4.69) is 21.9 Å². The maximum Gasteiger partial charge on any atom is 0.188 e. The molecule has 2 atom stereocenters. The van der Waals surface area contributed by atoms with Crippen molar-refractivity contribution >= 4 is 11.8 Å². The summed E-state index contributed by atoms with van der Waals surface area (Å²) in [6, 6.07) is 6.06. The minimum Gasteiger partial charge on any atom is -0.326 e. The van der Waals surface area contributed by atoms with Crippen molar-refractivity contribution < 1.29 is 0 Å². The van der Waals surface area contributed by atoms with E-state index >= 15 is 0 Å². The summed E-state index contributed by atoms with van der Waals surface area (Å²) in [6.45, 7) is 6.07. The van der Waals surface area contributed by atoms with Crippen LogP contribution < -0.4 is 5.73 Å². The van der Waals surface area contributed by atoms with E-state index in [-0.39, 0.29) is 11.3 Å². The predicted octanol–water partition coefficient (Wildman–Crippen LogP) is 3.06. The molecule has 5 heteroatoms. The number of aryl methyl sites for hydroxylation is 2. The van der Waals surface area contributed by atoms with E-state index in [1.807, 2.05) is 32.0 Å². The molecule has 2 unspecified atom stereocenters. The van der Waals surface area contributed by atoms with E-state index in [0.717, 1.165) is 23.0 Å². The Morgan fingerprint density at radius 2 is 1.75 bits per heavy atom. The fourth-order valence-corrected chi connectivity index (χ4v) is 3.31. The Morgan fingerprint density at radius 1 is 1.15 bits per heavy atom. The highest BCUT2D eigenvalue weighted by Gasteiger charge is 2.21. The molecule has 106 valence electrons. The highest BCUT2D eigenvalue weighted by molar-refractivity contribution is 7.99. The number of hydrogen-bond donors (Lipinski definition) is 1. The molecule has 20 heavy (non-hydrogen) atoms. The fraction of sp³-hybridized carbons (Fsp3) is 0.400. The maximum absolute atomic E-state index is 6.28. The second-order valence-corrected chi connectivity index (χ2v) is 5.93. The van der Waals surface area contributed by atoms with Gasteiger partial charge in [0.25, 0.3) is 0 Å². The molecule has 2 aromatic rings. The number of pyridine rings is 1. The van der Waals surface area contributed by atoms with Crippen LogP contribution in [0.4, 0.5) is 0 Å². The zero-order valence-electron chi connectivity index (χ0n) is 12.1. The predicted molar refractivity (Wildman–Crippen MR) is 82.6 cm³/mol. The van der Waals surface area contributed by atoms with Crippen LogP contribution in [0.5, 0.6) is 0 Å². The molecule has 0 spiro atoms. The van der Waals surface area contributed by atoms with Crippen LogP contribution >= 0.6 is 11.8 Å². The second-order valence-electron chi connectivity index (χ2n) is 4.82. The van der Waals surface area contributed by atoms with Crippen molar-refractivity contribution in [1.29, 1.82) is 0 Å². The van der Waals surface area contributed by atoms with E-state index in [1.165, 1.54) is 5.56 Å². The molecular formula is C15H20N4S. The number of nitrogens with two attached hydrogens (primary N) is 1. The quantitative estimate of drug-likeness (QED) is 0.676. The molecule has 2 heterocycles. The summed E-state index contributed by atoms with van der Waals surface area (Å²) < 4.78 is 0. The molecule has 2 aromatic heterocycles. The van der Waals surface area contributed by atoms with Crippen LogP contribution in [0.25, 0.3) is 0 Å². The smallest absolute Gasteiger partial charge is 0.188 e. The third-order valence-corrected chi connectivity index (χ3v) is 4.36. The van der Waals surface area contributed by atoms with Gasteiger partial charge in [0.05, 0.1) is 5.25 Å². The first-order chi connectivity index (χ1) is 9.60. The second kappa shape index (κ2) is 6.81. The lowest BCUT2D eigenvalue weighted by Gasteiger charge is -2.22. The van der Waals surface area contributed by atoms with E-state index in [0.29, 0.717) is 0 Å². The van der Waals surface area contributed by atoms with Crippen molar-refractivity contribution in [2.75, 3.05) is 0 Å². The van der Waals surface area contributed by atoms with Gasteiger partial charge in [-0.3, -0.25) is 4.98 Å². The molecule has 4 nitrogen and oxygen atoms in total. The molecule has 0 saturated carbocycles. The number of thioether (sulfide) groups is 1. The molecule has 2 rings (SSSR count). The van der Waals surface area contributed by atoms with Crippen LogP contribution in [-0.4, -0.2) is 21.0 Å². The van der Waals surface area contributed by atoms with Gasteiger partial charge < -0.3 is 5.73 Å². The Morgan fingerprint density at radius 3 is 2.30 bits per heavy atom.